The first-order valence-electron chi connectivity index (χ1n) is 5.67. The van der Waals surface area contributed by atoms with E-state index in [9.17, 15) is 14.3 Å². The average molecular weight is 255 g/mol. The number of amides is 1. The summed E-state index contributed by atoms with van der Waals surface area (Å²) in [6, 6.07) is 3.54. The monoisotopic (exact) mass is 255 g/mol. The summed E-state index contributed by atoms with van der Waals surface area (Å²) in [6.07, 6.45) is -0.557. The molecule has 0 aliphatic heterocycles. The van der Waals surface area contributed by atoms with Crippen molar-refractivity contribution in [3.63, 3.8) is 0 Å². The van der Waals surface area contributed by atoms with E-state index in [1.807, 2.05) is 0 Å². The standard InChI is InChI=1S/C13H18FNO3/c1-8(15-12(17)18-13(2,3)4)9-5-6-10(14)11(16)7-9/h5-8,16H,1-4H3,(H,15,17)/t8-/m1/s1. The zero-order valence-corrected chi connectivity index (χ0v) is 11.0. The summed E-state index contributed by atoms with van der Waals surface area (Å²) in [4.78, 5) is 11.5. The fourth-order valence-corrected chi connectivity index (χ4v) is 1.37. The molecule has 1 amide bonds. The van der Waals surface area contributed by atoms with Gasteiger partial charge in [-0.25, -0.2) is 9.18 Å². The molecule has 0 bridgehead atoms. The van der Waals surface area contributed by atoms with Gasteiger partial charge in [-0.2, -0.15) is 0 Å². The van der Waals surface area contributed by atoms with Gasteiger partial charge in [0, 0.05) is 0 Å². The zero-order chi connectivity index (χ0) is 13.9. The maximum atomic E-state index is 12.9. The zero-order valence-electron chi connectivity index (χ0n) is 11.0. The lowest BCUT2D eigenvalue weighted by Crippen LogP contribution is -2.34. The van der Waals surface area contributed by atoms with Crippen LogP contribution in [0.5, 0.6) is 5.75 Å². The third-order valence-electron chi connectivity index (χ3n) is 2.20. The van der Waals surface area contributed by atoms with Gasteiger partial charge in [-0.1, -0.05) is 6.07 Å². The number of benzene rings is 1. The Hall–Kier alpha value is -1.78. The summed E-state index contributed by atoms with van der Waals surface area (Å²) in [7, 11) is 0. The lowest BCUT2D eigenvalue weighted by Gasteiger charge is -2.22. The second-order valence-corrected chi connectivity index (χ2v) is 5.08. The number of hydrogen-bond acceptors (Lipinski definition) is 3. The van der Waals surface area contributed by atoms with Crippen LogP contribution in [-0.2, 0) is 4.74 Å². The topological polar surface area (TPSA) is 58.6 Å². The van der Waals surface area contributed by atoms with E-state index in [0.29, 0.717) is 5.56 Å². The van der Waals surface area contributed by atoms with Gasteiger partial charge >= 0.3 is 6.09 Å². The Morgan fingerprint density at radius 3 is 2.56 bits per heavy atom. The molecule has 0 saturated heterocycles. The van der Waals surface area contributed by atoms with Crippen molar-refractivity contribution >= 4 is 6.09 Å². The summed E-state index contributed by atoms with van der Waals surface area (Å²) in [5, 5.41) is 11.9. The lowest BCUT2D eigenvalue weighted by atomic mass is 10.1. The van der Waals surface area contributed by atoms with Gasteiger partial charge in [-0.05, 0) is 45.4 Å². The number of phenols is 1. The van der Waals surface area contributed by atoms with E-state index in [2.05, 4.69) is 5.32 Å². The molecule has 4 nitrogen and oxygen atoms in total. The third-order valence-corrected chi connectivity index (χ3v) is 2.20. The van der Waals surface area contributed by atoms with E-state index in [1.165, 1.54) is 12.1 Å². The van der Waals surface area contributed by atoms with Crippen LogP contribution in [0, 0.1) is 5.82 Å². The quantitative estimate of drug-likeness (QED) is 0.853. The van der Waals surface area contributed by atoms with Gasteiger partial charge in [0.05, 0.1) is 6.04 Å². The van der Waals surface area contributed by atoms with Crippen LogP contribution in [0.1, 0.15) is 39.3 Å². The minimum absolute atomic E-state index is 0.383. The van der Waals surface area contributed by atoms with Gasteiger partial charge in [-0.15, -0.1) is 0 Å². The fourth-order valence-electron chi connectivity index (χ4n) is 1.37. The Morgan fingerprint density at radius 2 is 2.06 bits per heavy atom. The molecule has 0 aliphatic carbocycles. The highest BCUT2D eigenvalue weighted by Gasteiger charge is 2.18. The molecule has 1 aromatic rings. The van der Waals surface area contributed by atoms with Crippen molar-refractivity contribution in [2.45, 2.75) is 39.3 Å². The van der Waals surface area contributed by atoms with E-state index < -0.39 is 23.3 Å². The number of nitrogens with one attached hydrogen (secondary N) is 1. The highest BCUT2D eigenvalue weighted by atomic mass is 19.1. The molecule has 100 valence electrons. The second kappa shape index (κ2) is 5.25. The predicted molar refractivity (Wildman–Crippen MR) is 65.8 cm³/mol. The highest BCUT2D eigenvalue weighted by Crippen LogP contribution is 2.21. The lowest BCUT2D eigenvalue weighted by molar-refractivity contribution is 0.0508. The molecule has 0 fully saturated rings. The Balaban J connectivity index is 2.68. The van der Waals surface area contributed by atoms with Gasteiger partial charge in [-0.3, -0.25) is 0 Å². The maximum Gasteiger partial charge on any atom is 0.408 e. The summed E-state index contributed by atoms with van der Waals surface area (Å²) in [6.45, 7) is 7.01. The number of phenolic OH excluding ortho intramolecular Hbond substituents is 1. The number of rotatable bonds is 2. The number of carbonyl (C=O) groups is 1. The van der Waals surface area contributed by atoms with Crippen molar-refractivity contribution < 1.29 is 19.0 Å². The van der Waals surface area contributed by atoms with Gasteiger partial charge < -0.3 is 15.2 Å². The number of carbonyl (C=O) groups excluding carboxylic acids is 1. The first-order valence-corrected chi connectivity index (χ1v) is 5.67. The Kier molecular flexibility index (Phi) is 4.16. The molecule has 0 heterocycles. The van der Waals surface area contributed by atoms with Crippen molar-refractivity contribution in [2.24, 2.45) is 0 Å². The van der Waals surface area contributed by atoms with Crippen LogP contribution >= 0.6 is 0 Å². The van der Waals surface area contributed by atoms with E-state index in [1.54, 1.807) is 27.7 Å². The predicted octanol–water partition coefficient (Wildman–Crippen LogP) is 3.12. The van der Waals surface area contributed by atoms with Crippen molar-refractivity contribution in [2.75, 3.05) is 0 Å². The molecule has 5 heteroatoms. The Bertz CT molecular complexity index is 440. The normalized spacial score (nSPS) is 12.9. The van der Waals surface area contributed by atoms with E-state index >= 15 is 0 Å². The SMILES string of the molecule is C[C@@H](NC(=O)OC(C)(C)C)c1ccc(F)c(O)c1. The number of aromatic hydroxyl groups is 1. The maximum absolute atomic E-state index is 12.9. The third kappa shape index (κ3) is 4.24. The van der Waals surface area contributed by atoms with E-state index in [-0.39, 0.29) is 6.04 Å². The number of halogens is 1. The molecule has 0 spiro atoms. The smallest absolute Gasteiger partial charge is 0.408 e. The summed E-state index contributed by atoms with van der Waals surface area (Å²) < 4.78 is 18.0. The average Bonchev–Trinajstić information content (AvgIpc) is 2.18. The largest absolute Gasteiger partial charge is 0.505 e. The molecule has 1 atom stereocenters. The van der Waals surface area contributed by atoms with Crippen LogP contribution in [0.4, 0.5) is 9.18 Å². The molecule has 0 radical (unpaired) electrons. The highest BCUT2D eigenvalue weighted by molar-refractivity contribution is 5.68. The van der Waals surface area contributed by atoms with Crippen molar-refractivity contribution in [1.82, 2.24) is 5.32 Å². The van der Waals surface area contributed by atoms with E-state index in [0.717, 1.165) is 6.07 Å². The summed E-state index contributed by atoms with van der Waals surface area (Å²) in [5.41, 5.74) is 0.0223. The Labute approximate surface area is 106 Å². The van der Waals surface area contributed by atoms with Crippen molar-refractivity contribution in [3.8, 4) is 5.75 Å². The van der Waals surface area contributed by atoms with Crippen LogP contribution in [0.25, 0.3) is 0 Å². The molecule has 0 unspecified atom stereocenters. The molecule has 0 aromatic heterocycles. The molecule has 18 heavy (non-hydrogen) atoms. The van der Waals surface area contributed by atoms with Gasteiger partial charge in [0.15, 0.2) is 11.6 Å². The summed E-state index contributed by atoms with van der Waals surface area (Å²) in [5.74, 6) is -1.13. The van der Waals surface area contributed by atoms with Crippen LogP contribution in [0.15, 0.2) is 18.2 Å². The minimum Gasteiger partial charge on any atom is -0.505 e. The van der Waals surface area contributed by atoms with Crippen LogP contribution in [0.2, 0.25) is 0 Å². The van der Waals surface area contributed by atoms with Crippen LogP contribution < -0.4 is 5.32 Å². The molecule has 2 N–H and O–H groups in total. The van der Waals surface area contributed by atoms with Gasteiger partial charge in [0.1, 0.15) is 5.60 Å². The van der Waals surface area contributed by atoms with Gasteiger partial charge in [0.25, 0.3) is 0 Å². The van der Waals surface area contributed by atoms with E-state index in [4.69, 9.17) is 4.74 Å². The molecular weight excluding hydrogens is 237 g/mol. The van der Waals surface area contributed by atoms with Gasteiger partial charge in [0.2, 0.25) is 0 Å². The second-order valence-electron chi connectivity index (χ2n) is 5.08. The number of ether oxygens (including phenoxy) is 1. The molecule has 0 aliphatic rings. The number of hydrogen-bond donors (Lipinski definition) is 2. The Morgan fingerprint density at radius 1 is 1.44 bits per heavy atom. The van der Waals surface area contributed by atoms with Crippen LogP contribution in [0.3, 0.4) is 0 Å². The molecule has 0 saturated carbocycles. The first-order chi connectivity index (χ1) is 8.19. The summed E-state index contributed by atoms with van der Waals surface area (Å²) >= 11 is 0. The molecule has 1 aromatic carbocycles. The fraction of sp³-hybridized carbons (Fsp3) is 0.462. The number of alkyl carbamates (subject to hydrolysis) is 1. The minimum atomic E-state index is -0.691. The molecular formula is C13H18FNO3. The van der Waals surface area contributed by atoms with Crippen molar-refractivity contribution in [1.29, 1.82) is 0 Å². The van der Waals surface area contributed by atoms with Crippen LogP contribution in [-0.4, -0.2) is 16.8 Å². The van der Waals surface area contributed by atoms with Crippen molar-refractivity contribution in [3.05, 3.63) is 29.6 Å². The first kappa shape index (κ1) is 14.3. The molecule has 1 rings (SSSR count).